The summed E-state index contributed by atoms with van der Waals surface area (Å²) in [5.41, 5.74) is 2.95. The Morgan fingerprint density at radius 2 is 1.65 bits per heavy atom. The SMILES string of the molecule is CCCC(=O)Nc1ccc(C(=O)C(C)OC(=O)c2ccc(OCc3c(C)noc3C)cc2)cc1. The number of nitrogens with zero attached hydrogens (tertiary/aromatic N) is 1. The van der Waals surface area contributed by atoms with Crippen LogP contribution in [0.5, 0.6) is 5.75 Å². The van der Waals surface area contributed by atoms with Gasteiger partial charge in [-0.3, -0.25) is 9.59 Å². The average Bonchev–Trinajstić information content (AvgIpc) is 3.15. The van der Waals surface area contributed by atoms with Gasteiger partial charge in [0.05, 0.1) is 16.8 Å². The Bertz CT molecular complexity index is 1130. The van der Waals surface area contributed by atoms with Crippen molar-refractivity contribution in [2.45, 2.75) is 53.2 Å². The zero-order valence-corrected chi connectivity index (χ0v) is 19.7. The molecule has 0 saturated heterocycles. The lowest BCUT2D eigenvalue weighted by molar-refractivity contribution is -0.116. The highest BCUT2D eigenvalue weighted by Gasteiger charge is 2.20. The fraction of sp³-hybridized carbons (Fsp3) is 0.308. The van der Waals surface area contributed by atoms with Gasteiger partial charge in [0.15, 0.2) is 6.10 Å². The molecule has 34 heavy (non-hydrogen) atoms. The molecule has 178 valence electrons. The number of esters is 1. The van der Waals surface area contributed by atoms with Gasteiger partial charge in [0, 0.05) is 17.7 Å². The van der Waals surface area contributed by atoms with Crippen LogP contribution in [0.2, 0.25) is 0 Å². The van der Waals surface area contributed by atoms with Gasteiger partial charge in [0.25, 0.3) is 0 Å². The van der Waals surface area contributed by atoms with Crippen LogP contribution in [0.4, 0.5) is 5.69 Å². The number of Topliss-reactive ketones (excluding diaryl/α,β-unsaturated/α-hetero) is 1. The smallest absolute Gasteiger partial charge is 0.338 e. The standard InChI is InChI=1S/C26H28N2O6/c1-5-6-24(29)27-21-11-7-19(8-12-21)25(30)18(4)33-26(31)20-9-13-22(14-10-20)32-15-23-16(2)28-34-17(23)3/h7-14,18H,5-6,15H2,1-4H3,(H,27,29). The molecule has 0 radical (unpaired) electrons. The second-order valence-electron chi connectivity index (χ2n) is 7.90. The maximum atomic E-state index is 12.7. The lowest BCUT2D eigenvalue weighted by atomic mass is 10.1. The van der Waals surface area contributed by atoms with Crippen molar-refractivity contribution in [2.24, 2.45) is 0 Å². The van der Waals surface area contributed by atoms with Crippen LogP contribution in [0.25, 0.3) is 0 Å². The van der Waals surface area contributed by atoms with Gasteiger partial charge < -0.3 is 19.3 Å². The summed E-state index contributed by atoms with van der Waals surface area (Å²) in [6.07, 6.45) is 0.217. The second-order valence-corrected chi connectivity index (χ2v) is 7.90. The van der Waals surface area contributed by atoms with Crippen molar-refractivity contribution < 1.29 is 28.4 Å². The van der Waals surface area contributed by atoms with Gasteiger partial charge >= 0.3 is 5.97 Å². The first-order chi connectivity index (χ1) is 16.3. The predicted molar refractivity (Wildman–Crippen MR) is 126 cm³/mol. The van der Waals surface area contributed by atoms with E-state index in [0.717, 1.165) is 17.7 Å². The number of aromatic nitrogens is 1. The predicted octanol–water partition coefficient (Wildman–Crippen LogP) is 5.04. The molecule has 1 atom stereocenters. The van der Waals surface area contributed by atoms with Gasteiger partial charge in [0.2, 0.25) is 11.7 Å². The molecule has 0 bridgehead atoms. The Labute approximate surface area is 198 Å². The van der Waals surface area contributed by atoms with Crippen LogP contribution in [0, 0.1) is 13.8 Å². The van der Waals surface area contributed by atoms with Gasteiger partial charge in [-0.1, -0.05) is 12.1 Å². The summed E-state index contributed by atoms with van der Waals surface area (Å²) < 4.78 is 16.2. The highest BCUT2D eigenvalue weighted by molar-refractivity contribution is 6.02. The van der Waals surface area contributed by atoms with Crippen molar-refractivity contribution in [1.29, 1.82) is 0 Å². The molecule has 1 aromatic heterocycles. The molecule has 0 aliphatic carbocycles. The van der Waals surface area contributed by atoms with Crippen LogP contribution in [0.3, 0.4) is 0 Å². The molecule has 1 heterocycles. The molecule has 8 nitrogen and oxygen atoms in total. The van der Waals surface area contributed by atoms with Crippen molar-refractivity contribution >= 4 is 23.3 Å². The first-order valence-corrected chi connectivity index (χ1v) is 11.1. The minimum absolute atomic E-state index is 0.0796. The third kappa shape index (κ3) is 6.31. The maximum Gasteiger partial charge on any atom is 0.338 e. The molecule has 8 heteroatoms. The lowest BCUT2D eigenvalue weighted by Crippen LogP contribution is -2.24. The van der Waals surface area contributed by atoms with Crippen molar-refractivity contribution in [1.82, 2.24) is 5.16 Å². The molecule has 0 saturated carbocycles. The molecular formula is C26H28N2O6. The van der Waals surface area contributed by atoms with Crippen LogP contribution in [0.1, 0.15) is 64.4 Å². The number of carbonyl (C=O) groups excluding carboxylic acids is 3. The zero-order chi connectivity index (χ0) is 24.7. The molecule has 1 unspecified atom stereocenters. The number of carbonyl (C=O) groups is 3. The van der Waals surface area contributed by atoms with E-state index in [1.807, 2.05) is 20.8 Å². The number of anilines is 1. The van der Waals surface area contributed by atoms with E-state index in [2.05, 4.69) is 10.5 Å². The number of ether oxygens (including phenoxy) is 2. The van der Waals surface area contributed by atoms with Crippen molar-refractivity contribution in [3.63, 3.8) is 0 Å². The van der Waals surface area contributed by atoms with Crippen molar-refractivity contribution in [2.75, 3.05) is 5.32 Å². The Balaban J connectivity index is 1.54. The molecule has 0 aliphatic rings. The largest absolute Gasteiger partial charge is 0.489 e. The number of benzene rings is 2. The minimum atomic E-state index is -0.969. The van der Waals surface area contributed by atoms with Crippen LogP contribution in [-0.4, -0.2) is 28.9 Å². The lowest BCUT2D eigenvalue weighted by Gasteiger charge is -2.13. The summed E-state index contributed by atoms with van der Waals surface area (Å²) in [5, 5.41) is 6.66. The van der Waals surface area contributed by atoms with Gasteiger partial charge in [-0.2, -0.15) is 0 Å². The van der Waals surface area contributed by atoms with E-state index in [1.165, 1.54) is 6.92 Å². The van der Waals surface area contributed by atoms with Crippen molar-refractivity contribution in [3.8, 4) is 5.75 Å². The topological polar surface area (TPSA) is 108 Å². The molecule has 2 aromatic carbocycles. The quantitative estimate of drug-likeness (QED) is 0.331. The van der Waals surface area contributed by atoms with E-state index in [0.29, 0.717) is 41.4 Å². The number of nitrogens with one attached hydrogen (secondary N) is 1. The summed E-state index contributed by atoms with van der Waals surface area (Å²) in [6.45, 7) is 7.42. The molecule has 3 rings (SSSR count). The van der Waals surface area contributed by atoms with Crippen LogP contribution in [0.15, 0.2) is 53.1 Å². The van der Waals surface area contributed by atoms with Gasteiger partial charge in [-0.25, -0.2) is 4.79 Å². The summed E-state index contributed by atoms with van der Waals surface area (Å²) in [7, 11) is 0. The zero-order valence-electron chi connectivity index (χ0n) is 19.7. The summed E-state index contributed by atoms with van der Waals surface area (Å²) in [6, 6.07) is 13.0. The van der Waals surface area contributed by atoms with E-state index in [4.69, 9.17) is 14.0 Å². The molecule has 0 spiro atoms. The molecule has 0 aliphatic heterocycles. The summed E-state index contributed by atoms with van der Waals surface area (Å²) >= 11 is 0. The Hall–Kier alpha value is -3.94. The fourth-order valence-electron chi connectivity index (χ4n) is 3.24. The van der Waals surface area contributed by atoms with E-state index in [-0.39, 0.29) is 11.7 Å². The third-order valence-corrected chi connectivity index (χ3v) is 5.24. The van der Waals surface area contributed by atoms with Gasteiger partial charge in [-0.15, -0.1) is 0 Å². The molecule has 1 N–H and O–H groups in total. The Morgan fingerprint density at radius 1 is 1.00 bits per heavy atom. The first kappa shape index (κ1) is 24.7. The minimum Gasteiger partial charge on any atom is -0.489 e. The maximum absolute atomic E-state index is 12.7. The number of aryl methyl sites for hydroxylation is 2. The summed E-state index contributed by atoms with van der Waals surface area (Å²) in [5.74, 6) is 0.254. The highest BCUT2D eigenvalue weighted by atomic mass is 16.5. The van der Waals surface area contributed by atoms with Crippen LogP contribution < -0.4 is 10.1 Å². The summed E-state index contributed by atoms with van der Waals surface area (Å²) in [4.78, 5) is 36.8. The number of hydrogen-bond acceptors (Lipinski definition) is 7. The van der Waals surface area contributed by atoms with Gasteiger partial charge in [-0.05, 0) is 75.7 Å². The Morgan fingerprint density at radius 3 is 2.24 bits per heavy atom. The van der Waals surface area contributed by atoms with E-state index in [1.54, 1.807) is 48.5 Å². The van der Waals surface area contributed by atoms with Crippen LogP contribution in [-0.2, 0) is 16.1 Å². The third-order valence-electron chi connectivity index (χ3n) is 5.24. The molecule has 1 amide bonds. The van der Waals surface area contributed by atoms with E-state index >= 15 is 0 Å². The number of hydrogen-bond donors (Lipinski definition) is 1. The first-order valence-electron chi connectivity index (χ1n) is 11.1. The fourth-order valence-corrected chi connectivity index (χ4v) is 3.24. The number of ketones is 1. The molecular weight excluding hydrogens is 436 g/mol. The van der Waals surface area contributed by atoms with Gasteiger partial charge in [0.1, 0.15) is 18.1 Å². The van der Waals surface area contributed by atoms with Crippen molar-refractivity contribution in [3.05, 3.63) is 76.7 Å². The monoisotopic (exact) mass is 464 g/mol. The van der Waals surface area contributed by atoms with E-state index in [9.17, 15) is 14.4 Å². The van der Waals surface area contributed by atoms with Crippen LogP contribution >= 0.6 is 0 Å². The number of amides is 1. The second kappa shape index (κ2) is 11.3. The highest BCUT2D eigenvalue weighted by Crippen LogP contribution is 2.19. The molecule has 0 fully saturated rings. The molecule has 3 aromatic rings. The average molecular weight is 465 g/mol. The number of rotatable bonds is 10. The Kier molecular flexibility index (Phi) is 8.19. The van der Waals surface area contributed by atoms with E-state index < -0.39 is 12.1 Å². The normalized spacial score (nSPS) is 11.5.